The lowest BCUT2D eigenvalue weighted by molar-refractivity contribution is -0.188. The molecule has 2 aromatic heterocycles. The summed E-state index contributed by atoms with van der Waals surface area (Å²) in [5, 5.41) is 9.78. The third-order valence-electron chi connectivity index (χ3n) is 8.02. The van der Waals surface area contributed by atoms with Gasteiger partial charge in [-0.25, -0.2) is 9.37 Å². The molecule has 3 aliphatic heterocycles. The minimum atomic E-state index is -4.28. The number of aromatic nitrogens is 3. The first-order valence-corrected chi connectivity index (χ1v) is 12.7. The van der Waals surface area contributed by atoms with Crippen molar-refractivity contribution in [3.8, 4) is 17.1 Å². The summed E-state index contributed by atoms with van der Waals surface area (Å²) in [6.07, 6.45) is -0.547. The van der Waals surface area contributed by atoms with Crippen LogP contribution in [0.2, 0.25) is 0 Å². The average Bonchev–Trinajstić information content (AvgIpc) is 3.45. The molecule has 2 N–H and O–H groups in total. The Balaban J connectivity index is 1.21. The van der Waals surface area contributed by atoms with Crippen LogP contribution in [-0.2, 0) is 4.79 Å². The minimum Gasteiger partial charge on any atom is -0.481 e. The van der Waals surface area contributed by atoms with E-state index in [9.17, 15) is 27.2 Å². The molecule has 38 heavy (non-hydrogen) atoms. The maximum Gasteiger partial charge on any atom is 0.404 e. The number of nitrogens with one attached hydrogen (secondary N) is 2. The summed E-state index contributed by atoms with van der Waals surface area (Å²) in [4.78, 5) is 33.2. The van der Waals surface area contributed by atoms with Crippen molar-refractivity contribution in [1.29, 1.82) is 0 Å². The van der Waals surface area contributed by atoms with E-state index in [-0.39, 0.29) is 72.4 Å². The summed E-state index contributed by atoms with van der Waals surface area (Å²) >= 11 is 0. The number of pyridine rings is 1. The summed E-state index contributed by atoms with van der Waals surface area (Å²) in [7, 11) is 2.85. The molecule has 9 nitrogen and oxygen atoms in total. The van der Waals surface area contributed by atoms with Crippen LogP contribution in [-0.4, -0.2) is 87.8 Å². The molecular weight excluding hydrogens is 508 g/mol. The number of likely N-dealkylation sites (tertiary alicyclic amines) is 1. The van der Waals surface area contributed by atoms with Crippen molar-refractivity contribution in [3.63, 3.8) is 0 Å². The number of carbonyl (C=O) groups excluding carboxylic acids is 2. The molecule has 2 aromatic rings. The number of hydrogen-bond donors (Lipinski definition) is 2. The second kappa shape index (κ2) is 10.2. The van der Waals surface area contributed by atoms with Gasteiger partial charge in [0, 0.05) is 42.2 Å². The van der Waals surface area contributed by atoms with E-state index in [0.29, 0.717) is 18.5 Å². The number of methoxy groups -OCH3 is 1. The summed E-state index contributed by atoms with van der Waals surface area (Å²) in [5.41, 5.74) is 0.648. The maximum atomic E-state index is 14.3. The number of fused-ring (bicyclic) bond motifs is 2. The van der Waals surface area contributed by atoms with Crippen LogP contribution < -0.4 is 10.1 Å². The van der Waals surface area contributed by atoms with Crippen LogP contribution in [0, 0.1) is 11.7 Å². The molecule has 5 rings (SSSR count). The van der Waals surface area contributed by atoms with Crippen LogP contribution in [0.25, 0.3) is 11.3 Å². The number of nitrogens with zero attached hydrogens (tertiary/aromatic N) is 4. The first-order chi connectivity index (χ1) is 18.0. The molecule has 0 aliphatic carbocycles. The molecule has 0 spiro atoms. The number of ether oxygens (including phenoxy) is 1. The van der Waals surface area contributed by atoms with Crippen LogP contribution in [0.15, 0.2) is 18.3 Å². The lowest BCUT2D eigenvalue weighted by Crippen LogP contribution is -2.56. The molecule has 5 heterocycles. The number of aromatic amines is 1. The standard InChI is InChI=1S/C25H30F4N6O3/c1-34-12-14(3-6-21(34)25(27,28)29)31-23(36)13-7-15-4-5-16(8-13)35(15)24(37)20-10-19(32-33-20)17-9-22(38-2)30-11-18(17)26/h9-11,13-16,21H,3-8,12H2,1-2H3,(H,31,36)(H,32,33)/t13-,14-,15-,16+,21+/m0/s1. The lowest BCUT2D eigenvalue weighted by Gasteiger charge is -2.40. The first kappa shape index (κ1) is 26.4. The lowest BCUT2D eigenvalue weighted by atomic mass is 9.89. The van der Waals surface area contributed by atoms with Gasteiger partial charge in [-0.15, -0.1) is 0 Å². The molecule has 206 valence electrons. The van der Waals surface area contributed by atoms with Gasteiger partial charge in [-0.05, 0) is 51.6 Å². The fourth-order valence-electron chi connectivity index (χ4n) is 6.16. The molecule has 0 aromatic carbocycles. The second-order valence-corrected chi connectivity index (χ2v) is 10.4. The zero-order chi connectivity index (χ0) is 27.2. The molecule has 2 amide bonds. The van der Waals surface area contributed by atoms with Gasteiger partial charge in [-0.1, -0.05) is 0 Å². The summed E-state index contributed by atoms with van der Waals surface area (Å²) in [6.45, 7) is 0.144. The molecule has 5 atom stereocenters. The topological polar surface area (TPSA) is 103 Å². The van der Waals surface area contributed by atoms with E-state index in [2.05, 4.69) is 20.5 Å². The second-order valence-electron chi connectivity index (χ2n) is 10.4. The fourth-order valence-corrected chi connectivity index (χ4v) is 6.16. The van der Waals surface area contributed by atoms with Gasteiger partial charge < -0.3 is 15.0 Å². The van der Waals surface area contributed by atoms with E-state index >= 15 is 0 Å². The number of hydrogen-bond acceptors (Lipinski definition) is 6. The van der Waals surface area contributed by atoms with E-state index in [1.165, 1.54) is 31.2 Å². The molecule has 3 saturated heterocycles. The Hall–Kier alpha value is -3.22. The van der Waals surface area contributed by atoms with Gasteiger partial charge in [0.05, 0.1) is 19.0 Å². The SMILES string of the molecule is COc1cc(-c2cc(C(=O)N3[C@@H]4CC[C@H]3C[C@H](C(=O)N[C@H]3CC[C@H](C(F)(F)F)N(C)C3)C4)n[nH]2)c(F)cn1. The van der Waals surface area contributed by atoms with Crippen LogP contribution in [0.1, 0.15) is 49.0 Å². The predicted octanol–water partition coefficient (Wildman–Crippen LogP) is 3.14. The van der Waals surface area contributed by atoms with Gasteiger partial charge in [0.15, 0.2) is 11.5 Å². The van der Waals surface area contributed by atoms with E-state index in [1.807, 2.05) is 0 Å². The smallest absolute Gasteiger partial charge is 0.404 e. The Bertz CT molecular complexity index is 1190. The number of carbonyl (C=O) groups is 2. The zero-order valence-electron chi connectivity index (χ0n) is 21.1. The predicted molar refractivity (Wildman–Crippen MR) is 128 cm³/mol. The molecule has 0 unspecified atom stereocenters. The normalized spacial score (nSPS) is 27.8. The third-order valence-corrected chi connectivity index (χ3v) is 8.02. The van der Waals surface area contributed by atoms with Crippen molar-refractivity contribution in [3.05, 3.63) is 29.8 Å². The number of amides is 2. The highest BCUT2D eigenvalue weighted by molar-refractivity contribution is 5.94. The van der Waals surface area contributed by atoms with Crippen molar-refractivity contribution in [2.75, 3.05) is 20.7 Å². The van der Waals surface area contributed by atoms with Gasteiger partial charge in [0.25, 0.3) is 5.91 Å². The Morgan fingerprint density at radius 3 is 2.47 bits per heavy atom. The fraction of sp³-hybridized carbons (Fsp3) is 0.600. The zero-order valence-corrected chi connectivity index (χ0v) is 21.1. The van der Waals surface area contributed by atoms with Crippen LogP contribution >= 0.6 is 0 Å². The molecule has 3 fully saturated rings. The monoisotopic (exact) mass is 538 g/mol. The van der Waals surface area contributed by atoms with Gasteiger partial charge in [0.1, 0.15) is 6.04 Å². The number of H-pyrrole nitrogens is 1. The van der Waals surface area contributed by atoms with Crippen molar-refractivity contribution in [1.82, 2.24) is 30.3 Å². The molecular formula is C25H30F4N6O3. The summed E-state index contributed by atoms with van der Waals surface area (Å²) in [5.74, 6) is -1.12. The van der Waals surface area contributed by atoms with Crippen molar-refractivity contribution in [2.24, 2.45) is 5.92 Å². The number of halogens is 4. The quantitative estimate of drug-likeness (QED) is 0.567. The van der Waals surface area contributed by atoms with Gasteiger partial charge in [0.2, 0.25) is 11.8 Å². The highest BCUT2D eigenvalue weighted by atomic mass is 19.4. The molecule has 2 bridgehead atoms. The molecule has 3 aliphatic rings. The number of alkyl halides is 3. The highest BCUT2D eigenvalue weighted by Crippen LogP contribution is 2.40. The van der Waals surface area contributed by atoms with E-state index in [0.717, 1.165) is 19.0 Å². The number of piperidine rings is 2. The Morgan fingerprint density at radius 1 is 1.13 bits per heavy atom. The Labute approximate surface area is 216 Å². The largest absolute Gasteiger partial charge is 0.481 e. The summed E-state index contributed by atoms with van der Waals surface area (Å²) in [6, 6.07) is 0.806. The highest BCUT2D eigenvalue weighted by Gasteiger charge is 2.47. The van der Waals surface area contributed by atoms with Crippen LogP contribution in [0.3, 0.4) is 0 Å². The first-order valence-electron chi connectivity index (χ1n) is 12.7. The Morgan fingerprint density at radius 2 is 1.84 bits per heavy atom. The van der Waals surface area contributed by atoms with Crippen molar-refractivity contribution in [2.45, 2.75) is 68.9 Å². The average molecular weight is 539 g/mol. The number of rotatable bonds is 5. The maximum absolute atomic E-state index is 14.3. The summed E-state index contributed by atoms with van der Waals surface area (Å²) < 4.78 is 58.8. The van der Waals surface area contributed by atoms with E-state index < -0.39 is 18.0 Å². The van der Waals surface area contributed by atoms with Gasteiger partial charge >= 0.3 is 6.18 Å². The van der Waals surface area contributed by atoms with E-state index in [4.69, 9.17) is 4.74 Å². The van der Waals surface area contributed by atoms with E-state index in [1.54, 1.807) is 4.90 Å². The number of likely N-dealkylation sites (N-methyl/N-ethyl adjacent to an activating group) is 1. The molecule has 13 heteroatoms. The van der Waals surface area contributed by atoms with Gasteiger partial charge in [-0.2, -0.15) is 18.3 Å². The van der Waals surface area contributed by atoms with Gasteiger partial charge in [-0.3, -0.25) is 19.6 Å². The van der Waals surface area contributed by atoms with Crippen molar-refractivity contribution >= 4 is 11.8 Å². The Kier molecular flexibility index (Phi) is 7.05. The van der Waals surface area contributed by atoms with Crippen molar-refractivity contribution < 1.29 is 31.9 Å². The van der Waals surface area contributed by atoms with Crippen LogP contribution in [0.5, 0.6) is 5.88 Å². The molecule has 0 saturated carbocycles. The van der Waals surface area contributed by atoms with Crippen LogP contribution in [0.4, 0.5) is 17.6 Å². The molecule has 0 radical (unpaired) electrons. The third kappa shape index (κ3) is 5.07. The minimum absolute atomic E-state index is 0.0506.